The van der Waals surface area contributed by atoms with Crippen LogP contribution < -0.4 is 44.1 Å². The average molecular weight is 1770 g/mol. The van der Waals surface area contributed by atoms with E-state index in [2.05, 4.69) is 539 Å². The minimum Gasteiger partial charge on any atom is -0.748 e. The minimum absolute atomic E-state index is 0. The Balaban J connectivity index is 0.000000422. The van der Waals surface area contributed by atoms with Crippen molar-refractivity contribution < 1.29 is 51.8 Å². The molecule has 9 heteroatoms. The molecule has 0 radical (unpaired) electrons. The predicted octanol–water partition coefficient (Wildman–Crippen LogP) is 13.9. The number of unbranched alkanes of at least 4 members (excludes halogenated alkanes) is 9. The maximum atomic E-state index is 11.7. The molecule has 0 spiro atoms. The van der Waals surface area contributed by atoms with Gasteiger partial charge in [-0.15, -0.1) is 12.8 Å². The molecule has 2 heterocycles. The molecule has 638 valence electrons. The molecule has 0 atom stereocenters. The van der Waals surface area contributed by atoms with Crippen LogP contribution in [0.3, 0.4) is 0 Å². The van der Waals surface area contributed by atoms with Crippen molar-refractivity contribution in [2.75, 3.05) is 41.7 Å². The summed E-state index contributed by atoms with van der Waals surface area (Å²) in [6, 6.07) is 35.4. The number of hydrogen-bond donors (Lipinski definition) is 0. The van der Waals surface area contributed by atoms with Crippen LogP contribution in [0, 0.1) is 368 Å². The molecule has 0 unspecified atom stereocenters. The molecule has 0 N–H and O–H groups in total. The van der Waals surface area contributed by atoms with E-state index in [1.165, 1.54) is 120 Å². The summed E-state index contributed by atoms with van der Waals surface area (Å²) < 4.78 is 44.6. The van der Waals surface area contributed by atoms with E-state index in [0.29, 0.717) is 19.4 Å². The van der Waals surface area contributed by atoms with Gasteiger partial charge in [-0.2, -0.15) is 4.58 Å². The van der Waals surface area contributed by atoms with Crippen LogP contribution in [0.5, 0.6) is 5.75 Å². The molecule has 136 heavy (non-hydrogen) atoms. The molecule has 0 saturated carbocycles. The molecule has 0 bridgehead atoms. The number of anilines is 2. The Kier molecular flexibility index (Phi) is 50.7. The maximum absolute atomic E-state index is 11.7. The van der Waals surface area contributed by atoms with E-state index < -0.39 is 10.1 Å². The number of allylic oxidation sites excluding steroid dienone is 7. The molecule has 5 aromatic carbocycles. The van der Waals surface area contributed by atoms with Crippen LogP contribution in [-0.4, -0.2) is 55.2 Å². The summed E-state index contributed by atoms with van der Waals surface area (Å²) in [5.74, 6) is 150. The van der Waals surface area contributed by atoms with Gasteiger partial charge < -0.3 is 19.1 Å². The Morgan fingerprint density at radius 2 is 0.757 bits per heavy atom. The van der Waals surface area contributed by atoms with Gasteiger partial charge in [-0.25, -0.2) is 8.42 Å². The van der Waals surface area contributed by atoms with Gasteiger partial charge in [0, 0.05) is 332 Å². The number of nitrogens with zero attached hydrogens (tertiary/aromatic N) is 3. The average Bonchev–Trinajstić information content (AvgIpc) is 1.58. The van der Waals surface area contributed by atoms with Crippen LogP contribution >= 0.6 is 0 Å². The van der Waals surface area contributed by atoms with E-state index >= 15 is 0 Å². The van der Waals surface area contributed by atoms with E-state index in [1.807, 2.05) is 0 Å². The summed E-state index contributed by atoms with van der Waals surface area (Å²) in [7, 11) is -4.30. The zero-order valence-electron chi connectivity index (χ0n) is 77.4. The third-order valence-corrected chi connectivity index (χ3v) is 20.4. The summed E-state index contributed by atoms with van der Waals surface area (Å²) >= 11 is 0. The first-order valence-electron chi connectivity index (χ1n) is 43.4. The second-order valence-electron chi connectivity index (χ2n) is 29.5. The van der Waals surface area contributed by atoms with Crippen LogP contribution in [0.25, 0.3) is 21.5 Å². The SMILES string of the molecule is C#CC#CC#CC#CC#CC#CC#CC#CC#CC#CC#CC#CC#CC#CC#CC#CC#CC#CC#CC#CC#CC#CC#CC#CC#CC#CC#CC#CC#CC#CC#C.CCCCCCN(CCCCCC)c1ccc(OC2=C(/C=C/C3=[N+](CCCCS(=O)(=O)[O-])c4ccc5ccccc5c4C3(C)C)CCC/C2=C\C=C2\N(CCCCC)c3ccc4ccccc4c3C2(C)C)cc1.[Na+]. The molecule has 5 aromatic rings. The van der Waals surface area contributed by atoms with Crippen LogP contribution in [-0.2, 0) is 20.9 Å². The first-order chi connectivity index (χ1) is 66.2. The van der Waals surface area contributed by atoms with Gasteiger partial charge >= 0.3 is 29.6 Å². The van der Waals surface area contributed by atoms with Gasteiger partial charge in [0.1, 0.15) is 18.1 Å². The van der Waals surface area contributed by atoms with Crippen LogP contribution in [0.4, 0.5) is 17.1 Å². The van der Waals surface area contributed by atoms with Gasteiger partial charge in [-0.1, -0.05) is 147 Å². The molecular formula is C127H85N3NaO4S+. The van der Waals surface area contributed by atoms with Gasteiger partial charge in [0.2, 0.25) is 5.69 Å². The van der Waals surface area contributed by atoms with Crippen molar-refractivity contribution in [2.24, 2.45) is 0 Å². The van der Waals surface area contributed by atoms with Crippen molar-refractivity contribution in [1.29, 1.82) is 0 Å². The summed E-state index contributed by atoms with van der Waals surface area (Å²) in [6.07, 6.45) is 36.4. The number of benzene rings is 5. The Bertz CT molecular complexity index is 7650. The quantitative estimate of drug-likeness (QED) is 0.0191. The van der Waals surface area contributed by atoms with Crippen molar-refractivity contribution in [1.82, 2.24) is 0 Å². The molecule has 8 rings (SSSR count). The van der Waals surface area contributed by atoms with E-state index in [1.54, 1.807) is 0 Å². The monoisotopic (exact) mass is 1770 g/mol. The zero-order chi connectivity index (χ0) is 96.0. The van der Waals surface area contributed by atoms with E-state index in [-0.39, 0.29) is 46.1 Å². The Labute approximate surface area is 832 Å². The molecule has 0 amide bonds. The Morgan fingerprint density at radius 1 is 0.397 bits per heavy atom. The van der Waals surface area contributed by atoms with Crippen molar-refractivity contribution in [3.63, 3.8) is 0 Å². The fourth-order valence-corrected chi connectivity index (χ4v) is 14.4. The molecule has 2 aliphatic heterocycles. The predicted molar refractivity (Wildman–Crippen MR) is 551 cm³/mol. The van der Waals surface area contributed by atoms with E-state index in [0.717, 1.165) is 73.8 Å². The minimum atomic E-state index is -4.30. The number of ether oxygens (including phenoxy) is 1. The Hall–Kier alpha value is -18.1. The molecule has 0 fully saturated rings. The number of terminal acetylenes is 2. The molecule has 0 saturated heterocycles. The number of fused-ring (bicyclic) bond motifs is 6. The summed E-state index contributed by atoms with van der Waals surface area (Å²) in [5.41, 5.74) is 10.6. The first kappa shape index (κ1) is 107. The fourth-order valence-electron chi connectivity index (χ4n) is 13.8. The third-order valence-electron chi connectivity index (χ3n) is 19.6. The van der Waals surface area contributed by atoms with Crippen molar-refractivity contribution in [3.8, 4) is 374 Å². The molecule has 0 aromatic heterocycles. The van der Waals surface area contributed by atoms with Crippen LogP contribution in [0.1, 0.15) is 162 Å². The Morgan fingerprint density at radius 3 is 1.13 bits per heavy atom. The maximum Gasteiger partial charge on any atom is 1.00 e. The first-order valence-corrected chi connectivity index (χ1v) is 44.9. The van der Waals surface area contributed by atoms with E-state index in [9.17, 15) is 13.0 Å². The van der Waals surface area contributed by atoms with Gasteiger partial charge in [0.05, 0.1) is 15.5 Å². The summed E-state index contributed by atoms with van der Waals surface area (Å²) in [5, 5.41) is 5.02. The van der Waals surface area contributed by atoms with Crippen molar-refractivity contribution in [3.05, 3.63) is 155 Å². The smallest absolute Gasteiger partial charge is 0.748 e. The molecular weight excluding hydrogens is 1690 g/mol. The van der Waals surface area contributed by atoms with Gasteiger partial charge in [-0.05, 0) is 240 Å². The second-order valence-corrected chi connectivity index (χ2v) is 31.0. The van der Waals surface area contributed by atoms with E-state index in [4.69, 9.17) is 17.6 Å². The standard InChI is InChI=1S/C65H83N3O4S.C62H2.Na/c1-8-11-14-21-44-66(45-22-15-12-9-2)53-36-38-54(39-37-53)72-63-51(34-42-59-64(4,5)61-55-30-18-16-26-49(55)32-40-57(61)67(59)46-20-13-10-3)28-25-29-52(63)35-43-60-65(6,7)62-56-31-19-17-27-50(56)33-41-58(62)68(60)47-23-24-48-73(69,70)71;1-3-5-7-9-11-13-15-17-19-21-23-25-27-29-31-33-35-37-39-41-43-45-47-49-51-53-55-57-59-61-62-60-58-56-54-52-50-48-46-44-42-40-38-36-34-32-30-28-26-24-22-20-18-16-14-12-10-8-6-4-2;/h16-19,26-27,30-43H,8-15,20-25,28-29,44-48H2,1-7H3;1-2H;/q;;+1. The van der Waals surface area contributed by atoms with Gasteiger partial charge in [0.25, 0.3) is 0 Å². The van der Waals surface area contributed by atoms with Gasteiger partial charge in [-0.3, -0.25) is 0 Å². The van der Waals surface area contributed by atoms with Crippen molar-refractivity contribution >= 4 is 54.4 Å². The van der Waals surface area contributed by atoms with Crippen LogP contribution in [0.2, 0.25) is 0 Å². The largest absolute Gasteiger partial charge is 1.00 e. The van der Waals surface area contributed by atoms with Crippen LogP contribution in [0.15, 0.2) is 144 Å². The zero-order valence-corrected chi connectivity index (χ0v) is 80.3. The number of hydrogen-bond acceptors (Lipinski definition) is 6. The normalized spacial score (nSPS) is 11.2. The second kappa shape index (κ2) is 64.6. The number of rotatable bonds is 25. The summed E-state index contributed by atoms with van der Waals surface area (Å²) in [4.78, 5) is 5.18. The van der Waals surface area contributed by atoms with Crippen molar-refractivity contribution in [2.45, 2.75) is 162 Å². The summed E-state index contributed by atoms with van der Waals surface area (Å²) in [6.45, 7) is 20.0. The third kappa shape index (κ3) is 39.9. The topological polar surface area (TPSA) is 75.9 Å². The molecule has 1 aliphatic carbocycles. The molecule has 7 nitrogen and oxygen atoms in total. The fraction of sp³-hybridized carbons (Fsp3) is 0.236. The molecule has 3 aliphatic rings. The van der Waals surface area contributed by atoms with Gasteiger partial charge in [0.15, 0.2) is 5.71 Å².